The number of aliphatic hydroxyl groups excluding tert-OH is 1. The summed E-state index contributed by atoms with van der Waals surface area (Å²) in [4.78, 5) is 72.1. The lowest BCUT2D eigenvalue weighted by atomic mass is 10.0. The van der Waals surface area contributed by atoms with Gasteiger partial charge in [-0.1, -0.05) is 298 Å². The van der Waals surface area contributed by atoms with Crippen molar-refractivity contribution in [3.63, 3.8) is 0 Å². The predicted octanol–water partition coefficient (Wildman–Crippen LogP) is 19.6. The van der Waals surface area contributed by atoms with Gasteiger partial charge in [0.1, 0.15) is 19.3 Å². The number of phosphoric acid groups is 2. The second kappa shape index (κ2) is 61.3. The molecule has 0 aromatic rings. The molecule has 0 rings (SSSR count). The summed E-state index contributed by atoms with van der Waals surface area (Å²) in [5, 5.41) is 10.5. The van der Waals surface area contributed by atoms with E-state index in [1.807, 2.05) is 0 Å². The SMILES string of the molecule is CCCCCCCCCCCCCCCCCCCCCCCCC(=O)O[C@H](COC(=O)CCCCCCCCCCCC(C)C)COP(=O)(O)OC[C@@H](O)COP(=O)(O)OC[C@@H](COC(=O)CCCCCCC)OC(=O)CCCCCCCCC(C)C. The molecule has 522 valence electrons. The number of hydrogen-bond donors (Lipinski definition) is 3. The number of hydrogen-bond acceptors (Lipinski definition) is 15. The predicted molar refractivity (Wildman–Crippen MR) is 354 cm³/mol. The average Bonchev–Trinajstić information content (AvgIpc) is 3.68. The first-order chi connectivity index (χ1) is 42.4. The van der Waals surface area contributed by atoms with Crippen molar-refractivity contribution >= 4 is 39.5 Å². The lowest BCUT2D eigenvalue weighted by molar-refractivity contribution is -0.161. The highest BCUT2D eigenvalue weighted by atomic mass is 31.2. The van der Waals surface area contributed by atoms with Gasteiger partial charge in [-0.05, 0) is 37.5 Å². The molecule has 0 saturated carbocycles. The Balaban J connectivity index is 5.07. The summed E-state index contributed by atoms with van der Waals surface area (Å²) in [5.41, 5.74) is 0. The number of rotatable bonds is 68. The molecule has 0 spiro atoms. The quantitative estimate of drug-likeness (QED) is 0.0222. The van der Waals surface area contributed by atoms with Crippen molar-refractivity contribution in [3.05, 3.63) is 0 Å². The first-order valence-electron chi connectivity index (χ1n) is 36.0. The van der Waals surface area contributed by atoms with Gasteiger partial charge in [0.2, 0.25) is 0 Å². The largest absolute Gasteiger partial charge is 0.472 e. The fourth-order valence-corrected chi connectivity index (χ4v) is 12.0. The monoisotopic (exact) mass is 1300 g/mol. The Bertz CT molecular complexity index is 1720. The molecular weight excluding hydrogens is 1160 g/mol. The number of carbonyl (C=O) groups is 4. The highest BCUT2D eigenvalue weighted by Crippen LogP contribution is 2.45. The summed E-state index contributed by atoms with van der Waals surface area (Å²) < 4.78 is 67.9. The van der Waals surface area contributed by atoms with Crippen molar-refractivity contribution in [2.24, 2.45) is 11.8 Å². The van der Waals surface area contributed by atoms with E-state index in [2.05, 4.69) is 41.5 Å². The van der Waals surface area contributed by atoms with Gasteiger partial charge in [0.25, 0.3) is 0 Å². The Morgan fingerprint density at radius 3 is 0.773 bits per heavy atom. The van der Waals surface area contributed by atoms with E-state index >= 15 is 0 Å². The third-order valence-electron chi connectivity index (χ3n) is 16.0. The van der Waals surface area contributed by atoms with Crippen LogP contribution in [0.5, 0.6) is 0 Å². The summed E-state index contributed by atoms with van der Waals surface area (Å²) in [6.07, 6.45) is 46.7. The van der Waals surface area contributed by atoms with Crippen LogP contribution in [0.1, 0.15) is 350 Å². The Labute approximate surface area is 537 Å². The highest BCUT2D eigenvalue weighted by molar-refractivity contribution is 7.47. The maximum Gasteiger partial charge on any atom is 0.472 e. The van der Waals surface area contributed by atoms with Crippen LogP contribution >= 0.6 is 15.6 Å². The zero-order valence-corrected chi connectivity index (χ0v) is 58.8. The molecule has 0 aliphatic rings. The van der Waals surface area contributed by atoms with Gasteiger partial charge in [0.15, 0.2) is 12.2 Å². The zero-order valence-electron chi connectivity index (χ0n) is 57.0. The second-order valence-corrected chi connectivity index (χ2v) is 28.8. The second-order valence-electron chi connectivity index (χ2n) is 25.9. The maximum absolute atomic E-state index is 13.0. The molecule has 0 heterocycles. The van der Waals surface area contributed by atoms with Crippen molar-refractivity contribution in [1.29, 1.82) is 0 Å². The Morgan fingerprint density at radius 1 is 0.307 bits per heavy atom. The molecule has 0 aromatic heterocycles. The van der Waals surface area contributed by atoms with Crippen LogP contribution in [0.4, 0.5) is 0 Å². The van der Waals surface area contributed by atoms with Gasteiger partial charge in [-0.3, -0.25) is 37.3 Å². The maximum atomic E-state index is 13.0. The summed E-state index contributed by atoms with van der Waals surface area (Å²) in [7, 11) is -9.88. The van der Waals surface area contributed by atoms with E-state index in [-0.39, 0.29) is 25.7 Å². The number of unbranched alkanes of at least 4 members (excludes halogenated alkanes) is 38. The molecule has 5 atom stereocenters. The molecule has 0 radical (unpaired) electrons. The summed E-state index contributed by atoms with van der Waals surface area (Å²) in [6, 6.07) is 0. The zero-order chi connectivity index (χ0) is 65.0. The number of carbonyl (C=O) groups excluding carboxylic acids is 4. The Morgan fingerprint density at radius 2 is 0.523 bits per heavy atom. The number of ether oxygens (including phenoxy) is 4. The molecule has 0 saturated heterocycles. The van der Waals surface area contributed by atoms with E-state index in [1.165, 1.54) is 161 Å². The molecule has 19 heteroatoms. The number of aliphatic hydroxyl groups is 1. The van der Waals surface area contributed by atoms with Crippen molar-refractivity contribution in [3.8, 4) is 0 Å². The topological polar surface area (TPSA) is 237 Å². The van der Waals surface area contributed by atoms with Crippen molar-refractivity contribution in [1.82, 2.24) is 0 Å². The molecular formula is C69H134O17P2. The molecule has 0 bridgehead atoms. The van der Waals surface area contributed by atoms with Crippen LogP contribution in [0, 0.1) is 11.8 Å². The van der Waals surface area contributed by atoms with E-state index in [0.29, 0.717) is 31.6 Å². The van der Waals surface area contributed by atoms with Crippen molar-refractivity contribution in [2.45, 2.75) is 368 Å². The fourth-order valence-electron chi connectivity index (χ4n) is 10.4. The average molecular weight is 1300 g/mol. The highest BCUT2D eigenvalue weighted by Gasteiger charge is 2.30. The third kappa shape index (κ3) is 62.8. The van der Waals surface area contributed by atoms with E-state index < -0.39 is 97.5 Å². The van der Waals surface area contributed by atoms with Crippen LogP contribution < -0.4 is 0 Å². The van der Waals surface area contributed by atoms with Crippen LogP contribution in [-0.2, 0) is 65.4 Å². The Kier molecular flexibility index (Phi) is 59.9. The van der Waals surface area contributed by atoms with Crippen LogP contribution in [0.2, 0.25) is 0 Å². The standard InChI is InChI=1S/C69H134O17P2/c1-7-9-11-13-14-15-16-17-18-19-20-21-22-23-24-25-26-27-30-34-41-47-53-68(73)85-65(58-80-67(72)52-46-40-33-31-28-29-32-38-43-49-61(3)4)60-84-88(77,78)82-56-63(70)55-81-87(75,76)83-59-64(57-79-66(71)51-45-37-12-10-8-2)86-69(74)54-48-42-36-35-39-44-50-62(5)6/h61-65,70H,7-60H2,1-6H3,(H,75,76)(H,77,78)/t63-,64+,65+/m0/s1. The minimum Gasteiger partial charge on any atom is -0.462 e. The van der Waals surface area contributed by atoms with Crippen LogP contribution in [0.25, 0.3) is 0 Å². The smallest absolute Gasteiger partial charge is 0.462 e. The van der Waals surface area contributed by atoms with E-state index in [1.54, 1.807) is 0 Å². The van der Waals surface area contributed by atoms with Crippen molar-refractivity contribution in [2.75, 3.05) is 39.6 Å². The third-order valence-corrected chi connectivity index (χ3v) is 17.9. The molecule has 0 amide bonds. The number of esters is 4. The first-order valence-corrected chi connectivity index (χ1v) is 39.0. The summed E-state index contributed by atoms with van der Waals surface area (Å²) in [5.74, 6) is -0.731. The van der Waals surface area contributed by atoms with Crippen LogP contribution in [-0.4, -0.2) is 96.7 Å². The lowest BCUT2D eigenvalue weighted by Gasteiger charge is -2.21. The van der Waals surface area contributed by atoms with Crippen LogP contribution in [0.15, 0.2) is 0 Å². The van der Waals surface area contributed by atoms with Crippen LogP contribution in [0.3, 0.4) is 0 Å². The molecule has 0 aliphatic carbocycles. The van der Waals surface area contributed by atoms with Gasteiger partial charge < -0.3 is 33.8 Å². The first kappa shape index (κ1) is 86.1. The van der Waals surface area contributed by atoms with Gasteiger partial charge in [0.05, 0.1) is 26.4 Å². The van der Waals surface area contributed by atoms with Gasteiger partial charge in [-0.25, -0.2) is 9.13 Å². The summed E-state index contributed by atoms with van der Waals surface area (Å²) >= 11 is 0. The van der Waals surface area contributed by atoms with E-state index in [4.69, 9.17) is 37.0 Å². The van der Waals surface area contributed by atoms with E-state index in [0.717, 1.165) is 102 Å². The molecule has 2 unspecified atom stereocenters. The molecule has 0 aliphatic heterocycles. The van der Waals surface area contributed by atoms with Gasteiger partial charge in [0, 0.05) is 25.7 Å². The number of phosphoric ester groups is 2. The molecule has 0 aromatic carbocycles. The molecule has 0 fully saturated rings. The Hall–Kier alpha value is -1.94. The minimum absolute atomic E-state index is 0.101. The lowest BCUT2D eigenvalue weighted by Crippen LogP contribution is -2.30. The van der Waals surface area contributed by atoms with Gasteiger partial charge >= 0.3 is 39.5 Å². The summed E-state index contributed by atoms with van der Waals surface area (Å²) in [6.45, 7) is 9.32. The fraction of sp³-hybridized carbons (Fsp3) is 0.942. The molecule has 3 N–H and O–H groups in total. The normalized spacial score (nSPS) is 14.2. The molecule has 88 heavy (non-hydrogen) atoms. The van der Waals surface area contributed by atoms with Gasteiger partial charge in [-0.15, -0.1) is 0 Å². The molecule has 17 nitrogen and oxygen atoms in total. The van der Waals surface area contributed by atoms with E-state index in [9.17, 15) is 43.2 Å². The van der Waals surface area contributed by atoms with Crippen molar-refractivity contribution < 1.29 is 80.2 Å². The van der Waals surface area contributed by atoms with Gasteiger partial charge in [-0.2, -0.15) is 0 Å². The minimum atomic E-state index is -4.95.